The van der Waals surface area contributed by atoms with Crippen molar-refractivity contribution in [2.75, 3.05) is 6.61 Å². The van der Waals surface area contributed by atoms with Crippen molar-refractivity contribution in [3.05, 3.63) is 70.9 Å². The van der Waals surface area contributed by atoms with Gasteiger partial charge in [0.2, 0.25) is 5.91 Å². The summed E-state index contributed by atoms with van der Waals surface area (Å²) < 4.78 is 5.61. The lowest BCUT2D eigenvalue weighted by Crippen LogP contribution is -2.47. The van der Waals surface area contributed by atoms with E-state index in [4.69, 9.17) is 16.3 Å². The summed E-state index contributed by atoms with van der Waals surface area (Å²) in [5.74, 6) is -0.513. The summed E-state index contributed by atoms with van der Waals surface area (Å²) in [7, 11) is 0. The van der Waals surface area contributed by atoms with Crippen molar-refractivity contribution in [3.8, 4) is 17.0 Å². The number of aromatic nitrogens is 2. The summed E-state index contributed by atoms with van der Waals surface area (Å²) in [6.45, 7) is 0.235. The van der Waals surface area contributed by atoms with Crippen molar-refractivity contribution in [3.63, 3.8) is 0 Å². The summed E-state index contributed by atoms with van der Waals surface area (Å²) in [5.41, 5.74) is 7.50. The molecule has 7 nitrogen and oxygen atoms in total. The summed E-state index contributed by atoms with van der Waals surface area (Å²) in [4.78, 5) is 24.7. The normalized spacial score (nSPS) is 15.2. The molecule has 0 aliphatic carbocycles. The number of nitrogens with one attached hydrogen (secondary N) is 3. The lowest BCUT2D eigenvalue weighted by atomic mass is 9.96. The first-order valence-electron chi connectivity index (χ1n) is 8.72. The number of amides is 2. The van der Waals surface area contributed by atoms with E-state index in [1.54, 1.807) is 24.3 Å². The van der Waals surface area contributed by atoms with Gasteiger partial charge in [0.1, 0.15) is 18.1 Å². The first-order chi connectivity index (χ1) is 13.6. The average Bonchev–Trinajstić information content (AvgIpc) is 3.22. The fourth-order valence-electron chi connectivity index (χ4n) is 3.01. The van der Waals surface area contributed by atoms with Gasteiger partial charge < -0.3 is 4.74 Å². The second kappa shape index (κ2) is 7.74. The Morgan fingerprint density at radius 2 is 1.93 bits per heavy atom. The Labute approximate surface area is 166 Å². The van der Waals surface area contributed by atoms with Crippen molar-refractivity contribution in [1.82, 2.24) is 21.0 Å². The molecule has 1 aliphatic rings. The molecule has 1 atom stereocenters. The van der Waals surface area contributed by atoms with Gasteiger partial charge in [0.05, 0.1) is 11.6 Å². The van der Waals surface area contributed by atoms with Crippen LogP contribution >= 0.6 is 11.6 Å². The van der Waals surface area contributed by atoms with Gasteiger partial charge in [-0.15, -0.1) is 0 Å². The summed E-state index contributed by atoms with van der Waals surface area (Å²) in [6, 6.07) is 16.4. The monoisotopic (exact) mass is 396 g/mol. The number of halogens is 1. The topological polar surface area (TPSA) is 96.1 Å². The number of carbonyl (C=O) groups excluding carboxylic acids is 2. The van der Waals surface area contributed by atoms with Crippen LogP contribution in [-0.4, -0.2) is 28.6 Å². The van der Waals surface area contributed by atoms with Gasteiger partial charge in [-0.05, 0) is 36.2 Å². The molecular formula is C20H17ClN4O3. The molecule has 0 saturated heterocycles. The molecule has 3 N–H and O–H groups in total. The number of carbonyl (C=O) groups is 2. The summed E-state index contributed by atoms with van der Waals surface area (Å²) in [6.07, 6.45) is 0.486. The Morgan fingerprint density at radius 3 is 2.75 bits per heavy atom. The lowest BCUT2D eigenvalue weighted by molar-refractivity contribution is -0.127. The van der Waals surface area contributed by atoms with Gasteiger partial charge in [0.15, 0.2) is 0 Å². The van der Waals surface area contributed by atoms with E-state index in [2.05, 4.69) is 21.0 Å². The van der Waals surface area contributed by atoms with Crippen LogP contribution in [0.25, 0.3) is 11.3 Å². The van der Waals surface area contributed by atoms with Crippen LogP contribution in [0.2, 0.25) is 5.02 Å². The Bertz CT molecular complexity index is 1020. The number of nitrogens with zero attached hydrogens (tertiary/aromatic N) is 1. The number of hydrogen-bond acceptors (Lipinski definition) is 4. The quantitative estimate of drug-likeness (QED) is 0.593. The maximum atomic E-state index is 12.4. The molecule has 3 aromatic rings. The zero-order valence-corrected chi connectivity index (χ0v) is 15.5. The van der Waals surface area contributed by atoms with Crippen LogP contribution in [0, 0.1) is 5.92 Å². The number of fused-ring (bicyclic) bond motifs is 1. The van der Waals surface area contributed by atoms with Crippen molar-refractivity contribution < 1.29 is 14.3 Å². The van der Waals surface area contributed by atoms with Crippen molar-refractivity contribution in [2.24, 2.45) is 5.92 Å². The van der Waals surface area contributed by atoms with Crippen LogP contribution in [0.4, 0.5) is 0 Å². The van der Waals surface area contributed by atoms with Gasteiger partial charge in [-0.3, -0.25) is 25.5 Å². The second-order valence-electron chi connectivity index (χ2n) is 6.44. The van der Waals surface area contributed by atoms with Crippen LogP contribution in [0.15, 0.2) is 54.6 Å². The van der Waals surface area contributed by atoms with Crippen LogP contribution in [0.3, 0.4) is 0 Å². The Balaban J connectivity index is 1.35. The molecule has 28 heavy (non-hydrogen) atoms. The van der Waals surface area contributed by atoms with Crippen molar-refractivity contribution in [2.45, 2.75) is 6.42 Å². The van der Waals surface area contributed by atoms with Crippen LogP contribution in [-0.2, 0) is 11.2 Å². The Hall–Kier alpha value is -3.32. The van der Waals surface area contributed by atoms with Gasteiger partial charge in [0.25, 0.3) is 5.91 Å². The molecule has 2 heterocycles. The highest BCUT2D eigenvalue weighted by molar-refractivity contribution is 6.30. The van der Waals surface area contributed by atoms with E-state index in [0.717, 1.165) is 16.9 Å². The van der Waals surface area contributed by atoms with E-state index < -0.39 is 11.8 Å². The molecular weight excluding hydrogens is 380 g/mol. The van der Waals surface area contributed by atoms with Crippen LogP contribution < -0.4 is 15.6 Å². The highest BCUT2D eigenvalue weighted by Gasteiger charge is 2.26. The third kappa shape index (κ3) is 3.84. The molecule has 2 aromatic carbocycles. The number of hydrazine groups is 1. The fraction of sp³-hybridized carbons (Fsp3) is 0.150. The van der Waals surface area contributed by atoms with Crippen molar-refractivity contribution in [1.29, 1.82) is 0 Å². The van der Waals surface area contributed by atoms with Gasteiger partial charge in [0, 0.05) is 10.6 Å². The number of benzene rings is 2. The fourth-order valence-corrected chi connectivity index (χ4v) is 3.21. The highest BCUT2D eigenvalue weighted by Crippen LogP contribution is 2.29. The largest absolute Gasteiger partial charge is 0.492 e. The molecule has 1 aromatic heterocycles. The molecule has 0 fully saturated rings. The van der Waals surface area contributed by atoms with E-state index in [9.17, 15) is 9.59 Å². The molecule has 142 valence electrons. The van der Waals surface area contributed by atoms with Crippen LogP contribution in [0.5, 0.6) is 5.75 Å². The minimum Gasteiger partial charge on any atom is -0.492 e. The molecule has 0 saturated carbocycles. The molecule has 0 bridgehead atoms. The van der Waals surface area contributed by atoms with Gasteiger partial charge >= 0.3 is 0 Å². The van der Waals surface area contributed by atoms with Gasteiger partial charge in [-0.1, -0.05) is 41.9 Å². The Kier molecular flexibility index (Phi) is 4.99. The Morgan fingerprint density at radius 1 is 1.11 bits per heavy atom. The van der Waals surface area contributed by atoms with Crippen molar-refractivity contribution >= 4 is 23.4 Å². The zero-order chi connectivity index (χ0) is 19.5. The summed E-state index contributed by atoms with van der Waals surface area (Å²) >= 11 is 6.00. The van der Waals surface area contributed by atoms with Crippen LogP contribution in [0.1, 0.15) is 16.1 Å². The maximum Gasteiger partial charge on any atom is 0.287 e. The minimum absolute atomic E-state index is 0.235. The molecule has 1 unspecified atom stereocenters. The highest BCUT2D eigenvalue weighted by atomic mass is 35.5. The number of rotatable bonds is 3. The second-order valence-corrected chi connectivity index (χ2v) is 6.88. The minimum atomic E-state index is -0.483. The number of aromatic amines is 1. The molecule has 4 rings (SSSR count). The molecule has 2 amide bonds. The van der Waals surface area contributed by atoms with E-state index in [-0.39, 0.29) is 18.2 Å². The number of hydrogen-bond donors (Lipinski definition) is 3. The standard InChI is InChI=1S/C20H17ClN4O3/c21-15-6-7-18-13(9-15)8-14(11-28-18)19(26)24-25-20(27)17-10-16(22-23-17)12-4-2-1-3-5-12/h1-7,9-10,14H,8,11H2,(H,22,23)(H,24,26)(H,25,27). The van der Waals surface area contributed by atoms with E-state index in [1.807, 2.05) is 30.3 Å². The molecule has 0 radical (unpaired) electrons. The maximum absolute atomic E-state index is 12.4. The third-order valence-corrected chi connectivity index (χ3v) is 4.73. The smallest absolute Gasteiger partial charge is 0.287 e. The van der Waals surface area contributed by atoms with Gasteiger partial charge in [-0.2, -0.15) is 5.10 Å². The van der Waals surface area contributed by atoms with E-state index >= 15 is 0 Å². The number of ether oxygens (including phenoxy) is 1. The van der Waals surface area contributed by atoms with Gasteiger partial charge in [-0.25, -0.2) is 0 Å². The lowest BCUT2D eigenvalue weighted by Gasteiger charge is -2.24. The first kappa shape index (κ1) is 18.1. The number of H-pyrrole nitrogens is 1. The van der Waals surface area contributed by atoms with E-state index in [1.165, 1.54) is 0 Å². The first-order valence-corrected chi connectivity index (χ1v) is 9.10. The summed E-state index contributed by atoms with van der Waals surface area (Å²) in [5, 5.41) is 7.39. The predicted molar refractivity (Wildman–Crippen MR) is 104 cm³/mol. The zero-order valence-electron chi connectivity index (χ0n) is 14.7. The average molecular weight is 397 g/mol. The third-order valence-electron chi connectivity index (χ3n) is 4.49. The van der Waals surface area contributed by atoms with E-state index in [0.29, 0.717) is 17.1 Å². The predicted octanol–water partition coefficient (Wildman–Crippen LogP) is 2.74. The molecule has 8 heteroatoms. The molecule has 0 spiro atoms. The molecule has 1 aliphatic heterocycles. The SMILES string of the molecule is O=C(NNC(=O)C1COc2ccc(Cl)cc2C1)c1cc(-c2ccccc2)n[nH]1.